The molecule has 0 bridgehead atoms. The van der Waals surface area contributed by atoms with Gasteiger partial charge in [-0.1, -0.05) is 19.1 Å². The van der Waals surface area contributed by atoms with Crippen LogP contribution in [0.5, 0.6) is 0 Å². The van der Waals surface area contributed by atoms with Crippen molar-refractivity contribution in [2.45, 2.75) is 37.7 Å². The van der Waals surface area contributed by atoms with Gasteiger partial charge in [0.15, 0.2) is 0 Å². The van der Waals surface area contributed by atoms with E-state index in [0.717, 1.165) is 4.99 Å². The van der Waals surface area contributed by atoms with Crippen LogP contribution in [0.2, 0.25) is 0 Å². The normalized spacial score (nSPS) is 33.8. The van der Waals surface area contributed by atoms with Crippen molar-refractivity contribution in [1.29, 1.82) is 0 Å². The molecule has 2 N–H and O–H groups in total. The molecule has 3 heterocycles. The van der Waals surface area contributed by atoms with Crippen LogP contribution in [0.25, 0.3) is 0 Å². The van der Waals surface area contributed by atoms with Gasteiger partial charge < -0.3 is 25.2 Å². The number of hydrogen-bond acceptors (Lipinski definition) is 6. The molecule has 0 aromatic carbocycles. The third-order valence-corrected chi connectivity index (χ3v) is 6.33. The number of nitrogens with one attached hydrogen (secondary N) is 1. The third kappa shape index (κ3) is 3.09. The monoisotopic (exact) mass is 364 g/mol. The molecule has 5 atom stereocenters. The molecule has 0 aromatic rings. The minimum atomic E-state index is -1.33. The Balaban J connectivity index is 0.00000192. The van der Waals surface area contributed by atoms with Gasteiger partial charge in [0.25, 0.3) is 0 Å². The number of aliphatic hydroxyl groups excluding tert-OH is 1. The molecule has 0 spiro atoms. The molecule has 0 unspecified atom stereocenters. The van der Waals surface area contributed by atoms with Crippen molar-refractivity contribution in [1.82, 2.24) is 10.2 Å². The van der Waals surface area contributed by atoms with Crippen molar-refractivity contribution < 1.29 is 49.4 Å². The summed E-state index contributed by atoms with van der Waals surface area (Å²) < 4.78 is 0. The number of amides is 1. The van der Waals surface area contributed by atoms with E-state index in [9.17, 15) is 19.8 Å². The van der Waals surface area contributed by atoms with Crippen molar-refractivity contribution in [2.75, 3.05) is 6.54 Å². The van der Waals surface area contributed by atoms with Crippen LogP contribution < -0.4 is 40.0 Å². The SMILES string of the molecule is C[C@@H](O)[C@H]1C(=O)N2C(C(=O)[O-])=C(S[C@H]3CNC(=S)C3)[C@H](C)[C@H]12.[Na+]. The molecule has 0 saturated carbocycles. The smallest absolute Gasteiger partial charge is 0.543 e. The molecule has 1 amide bonds. The third-order valence-electron chi connectivity index (χ3n) is 4.54. The van der Waals surface area contributed by atoms with E-state index in [4.69, 9.17) is 12.2 Å². The predicted octanol–water partition coefficient (Wildman–Crippen LogP) is -3.77. The van der Waals surface area contributed by atoms with E-state index in [-0.39, 0.29) is 58.4 Å². The Morgan fingerprint density at radius 1 is 1.57 bits per heavy atom. The van der Waals surface area contributed by atoms with Crippen LogP contribution in [-0.4, -0.2) is 50.8 Å². The topological polar surface area (TPSA) is 92.7 Å². The number of aliphatic hydroxyl groups is 1. The van der Waals surface area contributed by atoms with Gasteiger partial charge in [-0.05, 0) is 6.92 Å². The first-order valence-electron chi connectivity index (χ1n) is 7.23. The fraction of sp³-hybridized carbons (Fsp3) is 0.643. The van der Waals surface area contributed by atoms with Gasteiger partial charge in [0.05, 0.1) is 34.7 Å². The Bertz CT molecular complexity index is 595. The zero-order chi connectivity index (χ0) is 16.2. The fourth-order valence-corrected chi connectivity index (χ4v) is 5.32. The summed E-state index contributed by atoms with van der Waals surface area (Å²) in [6.45, 7) is 4.16. The number of aliphatic carboxylic acids is 1. The molecular formula is C14H17N2NaO4S2. The van der Waals surface area contributed by atoms with Gasteiger partial charge in [-0.25, -0.2) is 0 Å². The first-order chi connectivity index (χ1) is 10.3. The summed E-state index contributed by atoms with van der Waals surface area (Å²) in [6.07, 6.45) is -0.0843. The zero-order valence-electron chi connectivity index (χ0n) is 13.2. The maximum Gasteiger partial charge on any atom is 1.00 e. The van der Waals surface area contributed by atoms with Crippen LogP contribution in [-0.2, 0) is 9.59 Å². The summed E-state index contributed by atoms with van der Waals surface area (Å²) in [5, 5.41) is 24.5. The van der Waals surface area contributed by atoms with Crippen LogP contribution >= 0.6 is 24.0 Å². The predicted molar refractivity (Wildman–Crippen MR) is 83.6 cm³/mol. The van der Waals surface area contributed by atoms with Crippen molar-refractivity contribution in [3.63, 3.8) is 0 Å². The number of thiocarbonyl (C=S) groups is 1. The Hall–Kier alpha value is -0.120. The average Bonchev–Trinajstić information content (AvgIpc) is 2.92. The van der Waals surface area contributed by atoms with Crippen molar-refractivity contribution in [3.8, 4) is 0 Å². The Labute approximate surface area is 166 Å². The van der Waals surface area contributed by atoms with Gasteiger partial charge in [0, 0.05) is 29.0 Å². The van der Waals surface area contributed by atoms with E-state index in [1.165, 1.54) is 16.7 Å². The molecule has 0 aliphatic carbocycles. The molecule has 3 aliphatic rings. The molecule has 9 heteroatoms. The number of fused-ring (bicyclic) bond motifs is 1. The summed E-state index contributed by atoms with van der Waals surface area (Å²) in [7, 11) is 0. The maximum atomic E-state index is 12.2. The summed E-state index contributed by atoms with van der Waals surface area (Å²) >= 11 is 6.57. The van der Waals surface area contributed by atoms with Crippen molar-refractivity contribution >= 4 is 40.8 Å². The summed E-state index contributed by atoms with van der Waals surface area (Å²) in [6, 6.07) is -0.288. The molecule has 6 nitrogen and oxygen atoms in total. The van der Waals surface area contributed by atoms with E-state index >= 15 is 0 Å². The molecule has 2 saturated heterocycles. The Kier molecular flexibility index (Phi) is 5.86. The number of carboxylic acids is 1. The second-order valence-electron chi connectivity index (χ2n) is 6.00. The number of hydrogen-bond donors (Lipinski definition) is 2. The second kappa shape index (κ2) is 7.01. The molecule has 3 aliphatic heterocycles. The van der Waals surface area contributed by atoms with Gasteiger partial charge in [-0.15, -0.1) is 11.8 Å². The summed E-state index contributed by atoms with van der Waals surface area (Å²) in [4.78, 5) is 26.4. The Morgan fingerprint density at radius 2 is 2.22 bits per heavy atom. The largest absolute Gasteiger partial charge is 1.00 e. The zero-order valence-corrected chi connectivity index (χ0v) is 16.9. The van der Waals surface area contributed by atoms with Gasteiger partial charge in [0.2, 0.25) is 5.91 Å². The number of thioether (sulfide) groups is 1. The van der Waals surface area contributed by atoms with Crippen molar-refractivity contribution in [2.24, 2.45) is 11.8 Å². The van der Waals surface area contributed by atoms with E-state index in [1.807, 2.05) is 6.92 Å². The van der Waals surface area contributed by atoms with Crippen LogP contribution in [0.4, 0.5) is 0 Å². The standard InChI is InChI=1S/C14H18N2O4S2.Na/c1-5-10-9(6(2)17)13(18)16(10)11(14(19)20)12(5)22-7-3-8(21)15-4-7;/h5-7,9-10,17H,3-4H2,1-2H3,(H,15,21)(H,19,20);/q;+1/p-1/t5-,6-,7-,9-,10-;/m1./s1. The average molecular weight is 364 g/mol. The van der Waals surface area contributed by atoms with Gasteiger partial charge in [-0.2, -0.15) is 0 Å². The van der Waals surface area contributed by atoms with E-state index < -0.39 is 18.0 Å². The van der Waals surface area contributed by atoms with E-state index in [2.05, 4.69) is 5.32 Å². The molecule has 0 radical (unpaired) electrons. The first kappa shape index (κ1) is 19.2. The van der Waals surface area contributed by atoms with E-state index in [1.54, 1.807) is 6.92 Å². The number of carbonyl (C=O) groups excluding carboxylic acids is 2. The summed E-state index contributed by atoms with van der Waals surface area (Å²) in [5.74, 6) is -2.32. The number of carbonyl (C=O) groups is 2. The fourth-order valence-electron chi connectivity index (χ4n) is 3.51. The minimum Gasteiger partial charge on any atom is -0.543 e. The van der Waals surface area contributed by atoms with Gasteiger partial charge in [0.1, 0.15) is 0 Å². The van der Waals surface area contributed by atoms with Crippen LogP contribution in [0.15, 0.2) is 10.6 Å². The van der Waals surface area contributed by atoms with Gasteiger partial charge >= 0.3 is 29.6 Å². The summed E-state index contributed by atoms with van der Waals surface area (Å²) in [5.41, 5.74) is -0.0257. The molecule has 23 heavy (non-hydrogen) atoms. The van der Waals surface area contributed by atoms with Crippen LogP contribution in [0.1, 0.15) is 20.3 Å². The maximum absolute atomic E-state index is 12.2. The first-order valence-corrected chi connectivity index (χ1v) is 8.51. The molecule has 3 rings (SSSR count). The van der Waals surface area contributed by atoms with Crippen LogP contribution in [0.3, 0.4) is 0 Å². The number of β-lactam (4-membered cyclic amide) rings is 1. The number of rotatable bonds is 4. The quantitative estimate of drug-likeness (QED) is 0.301. The molecule has 120 valence electrons. The molecule has 2 fully saturated rings. The second-order valence-corrected chi connectivity index (χ2v) is 7.84. The van der Waals surface area contributed by atoms with Gasteiger partial charge in [-0.3, -0.25) is 4.79 Å². The minimum absolute atomic E-state index is 0. The van der Waals surface area contributed by atoms with Crippen molar-refractivity contribution in [3.05, 3.63) is 10.6 Å². The van der Waals surface area contributed by atoms with E-state index in [0.29, 0.717) is 17.9 Å². The van der Waals surface area contributed by atoms with Crippen LogP contribution in [0, 0.1) is 11.8 Å². The number of nitrogens with zero attached hydrogens (tertiary/aromatic N) is 1. The Morgan fingerprint density at radius 3 is 2.70 bits per heavy atom. The molecular weight excluding hydrogens is 347 g/mol. The molecule has 0 aromatic heterocycles. The number of carboxylic acid groups (broad SMARTS) is 1.